The molecule has 0 aromatic heterocycles. The summed E-state index contributed by atoms with van der Waals surface area (Å²) in [4.78, 5) is 53.1. The van der Waals surface area contributed by atoms with Crippen LogP contribution in [0.2, 0.25) is 0 Å². The fourth-order valence-electron chi connectivity index (χ4n) is 4.56. The zero-order valence-corrected chi connectivity index (χ0v) is 20.0. The first-order valence-electron chi connectivity index (χ1n) is 11.7. The van der Waals surface area contributed by atoms with Gasteiger partial charge in [0.15, 0.2) is 0 Å². The number of likely N-dealkylation sites (tertiary alicyclic amines) is 1. The number of piperazine rings is 1. The van der Waals surface area contributed by atoms with Crippen LogP contribution in [-0.4, -0.2) is 96.9 Å². The van der Waals surface area contributed by atoms with E-state index in [2.05, 4.69) is 0 Å². The molecule has 0 unspecified atom stereocenters. The van der Waals surface area contributed by atoms with E-state index in [9.17, 15) is 27.6 Å². The second-order valence-corrected chi connectivity index (χ2v) is 10.9. The molecule has 11 heteroatoms. The molecule has 0 aliphatic carbocycles. The maximum absolute atomic E-state index is 12.8. The molecular formula is C23H30N4O6S. The Morgan fingerprint density at radius 1 is 0.735 bits per heavy atom. The predicted molar refractivity (Wildman–Crippen MR) is 122 cm³/mol. The summed E-state index contributed by atoms with van der Waals surface area (Å²) in [6.07, 6.45) is 3.25. The van der Waals surface area contributed by atoms with E-state index in [1.54, 1.807) is 34.1 Å². The minimum absolute atomic E-state index is 0.0939. The van der Waals surface area contributed by atoms with Gasteiger partial charge in [-0.25, -0.2) is 8.42 Å². The maximum Gasteiger partial charge on any atom is 0.243 e. The monoisotopic (exact) mass is 490 g/mol. The van der Waals surface area contributed by atoms with Crippen molar-refractivity contribution in [1.29, 1.82) is 0 Å². The molecule has 3 fully saturated rings. The first-order valence-corrected chi connectivity index (χ1v) is 13.2. The molecule has 0 atom stereocenters. The van der Waals surface area contributed by atoms with Crippen molar-refractivity contribution in [2.24, 2.45) is 0 Å². The summed E-state index contributed by atoms with van der Waals surface area (Å²) >= 11 is 0. The molecule has 1 aromatic carbocycles. The first kappa shape index (κ1) is 24.3. The summed E-state index contributed by atoms with van der Waals surface area (Å²) in [5, 5.41) is 0. The van der Waals surface area contributed by atoms with Gasteiger partial charge in [0.05, 0.1) is 11.3 Å². The molecule has 4 amide bonds. The highest BCUT2D eigenvalue weighted by Crippen LogP contribution is 2.21. The molecule has 4 rings (SSSR count). The molecule has 1 aromatic rings. The number of imide groups is 1. The van der Waals surface area contributed by atoms with Gasteiger partial charge in [-0.05, 0) is 30.5 Å². The lowest BCUT2D eigenvalue weighted by Crippen LogP contribution is -2.53. The number of hydrogen-bond acceptors (Lipinski definition) is 6. The average Bonchev–Trinajstić information content (AvgIpc) is 3.17. The Hall–Kier alpha value is -2.79. The minimum Gasteiger partial charge on any atom is -0.339 e. The van der Waals surface area contributed by atoms with Crippen molar-refractivity contribution in [3.8, 4) is 0 Å². The Balaban J connectivity index is 1.27. The van der Waals surface area contributed by atoms with Crippen LogP contribution in [0, 0.1) is 0 Å². The van der Waals surface area contributed by atoms with Crippen molar-refractivity contribution in [2.75, 3.05) is 45.8 Å². The third-order valence-corrected chi connectivity index (χ3v) is 8.58. The largest absolute Gasteiger partial charge is 0.339 e. The fourth-order valence-corrected chi connectivity index (χ4v) is 6.08. The summed E-state index contributed by atoms with van der Waals surface area (Å²) in [5.41, 5.74) is 0.729. The standard InChI is InChI=1S/C23H30N4O6S/c28-20-8-9-21(29)27(20)17-23(31)25-14-12-24(13-15-25)22(30)16-18-4-6-19(7-5-18)34(32,33)26-10-2-1-3-11-26/h4-7H,1-3,8-17H2. The van der Waals surface area contributed by atoms with Crippen molar-refractivity contribution in [2.45, 2.75) is 43.4 Å². The number of piperidine rings is 1. The van der Waals surface area contributed by atoms with Crippen molar-refractivity contribution in [3.05, 3.63) is 29.8 Å². The molecule has 184 valence electrons. The first-order chi connectivity index (χ1) is 16.3. The summed E-state index contributed by atoms with van der Waals surface area (Å²) in [6, 6.07) is 6.48. The lowest BCUT2D eigenvalue weighted by Gasteiger charge is -2.35. The molecular weight excluding hydrogens is 460 g/mol. The van der Waals surface area contributed by atoms with Crippen molar-refractivity contribution in [3.63, 3.8) is 0 Å². The Kier molecular flexibility index (Phi) is 7.32. The van der Waals surface area contributed by atoms with E-state index in [1.807, 2.05) is 0 Å². The molecule has 0 bridgehead atoms. The van der Waals surface area contributed by atoms with Crippen LogP contribution in [0.25, 0.3) is 0 Å². The molecule has 0 spiro atoms. The molecule has 10 nitrogen and oxygen atoms in total. The number of nitrogens with zero attached hydrogens (tertiary/aromatic N) is 4. The van der Waals surface area contributed by atoms with Gasteiger partial charge in [-0.1, -0.05) is 18.6 Å². The second kappa shape index (κ2) is 10.2. The lowest BCUT2D eigenvalue weighted by atomic mass is 10.1. The molecule has 34 heavy (non-hydrogen) atoms. The lowest BCUT2D eigenvalue weighted by molar-refractivity contribution is -0.147. The van der Waals surface area contributed by atoms with Crippen LogP contribution in [0.3, 0.4) is 0 Å². The Morgan fingerprint density at radius 2 is 1.26 bits per heavy atom. The Labute approximate surface area is 199 Å². The van der Waals surface area contributed by atoms with E-state index < -0.39 is 10.0 Å². The predicted octanol–water partition coefficient (Wildman–Crippen LogP) is 0.224. The van der Waals surface area contributed by atoms with Crippen LogP contribution in [0.1, 0.15) is 37.7 Å². The number of benzene rings is 1. The number of sulfonamides is 1. The van der Waals surface area contributed by atoms with E-state index >= 15 is 0 Å². The number of carbonyl (C=O) groups is 4. The summed E-state index contributed by atoms with van der Waals surface area (Å²) in [5.74, 6) is -1.02. The van der Waals surface area contributed by atoms with Crippen LogP contribution in [0.5, 0.6) is 0 Å². The van der Waals surface area contributed by atoms with Crippen LogP contribution >= 0.6 is 0 Å². The molecule has 3 heterocycles. The van der Waals surface area contributed by atoms with Gasteiger partial charge < -0.3 is 9.80 Å². The highest BCUT2D eigenvalue weighted by Gasteiger charge is 2.33. The number of amides is 4. The van der Waals surface area contributed by atoms with E-state index in [0.29, 0.717) is 39.3 Å². The van der Waals surface area contributed by atoms with Crippen molar-refractivity contribution >= 4 is 33.7 Å². The van der Waals surface area contributed by atoms with Crippen molar-refractivity contribution < 1.29 is 27.6 Å². The zero-order valence-electron chi connectivity index (χ0n) is 19.1. The summed E-state index contributed by atoms with van der Waals surface area (Å²) in [6.45, 7) is 2.27. The molecule has 0 saturated carbocycles. The minimum atomic E-state index is -3.50. The van der Waals surface area contributed by atoms with E-state index in [4.69, 9.17) is 0 Å². The molecule has 3 saturated heterocycles. The average molecular weight is 491 g/mol. The summed E-state index contributed by atoms with van der Waals surface area (Å²) in [7, 11) is -3.50. The van der Waals surface area contributed by atoms with Crippen molar-refractivity contribution in [1.82, 2.24) is 19.0 Å². The van der Waals surface area contributed by atoms with Crippen LogP contribution < -0.4 is 0 Å². The quantitative estimate of drug-likeness (QED) is 0.527. The third kappa shape index (κ3) is 5.30. The zero-order chi connectivity index (χ0) is 24.3. The molecule has 3 aliphatic heterocycles. The van der Waals surface area contributed by atoms with Gasteiger partial charge >= 0.3 is 0 Å². The number of hydrogen-bond donors (Lipinski definition) is 0. The fraction of sp³-hybridized carbons (Fsp3) is 0.565. The smallest absolute Gasteiger partial charge is 0.243 e. The highest BCUT2D eigenvalue weighted by atomic mass is 32.2. The van der Waals surface area contributed by atoms with Crippen LogP contribution in [-0.2, 0) is 35.6 Å². The molecule has 0 radical (unpaired) electrons. The van der Waals surface area contributed by atoms with Crippen LogP contribution in [0.4, 0.5) is 0 Å². The van der Waals surface area contributed by atoms with E-state index in [1.165, 1.54) is 4.31 Å². The van der Waals surface area contributed by atoms with Gasteiger partial charge in [-0.15, -0.1) is 0 Å². The Bertz CT molecular complexity index is 1040. The SMILES string of the molecule is O=C(Cc1ccc(S(=O)(=O)N2CCCCC2)cc1)N1CCN(C(=O)CN2C(=O)CCC2=O)CC1. The highest BCUT2D eigenvalue weighted by molar-refractivity contribution is 7.89. The maximum atomic E-state index is 12.8. The van der Waals surface area contributed by atoms with Gasteiger partial charge in [0, 0.05) is 52.1 Å². The molecule has 0 N–H and O–H groups in total. The van der Waals surface area contributed by atoms with Gasteiger partial charge in [0.25, 0.3) is 0 Å². The Morgan fingerprint density at radius 3 is 1.82 bits per heavy atom. The van der Waals surface area contributed by atoms with Gasteiger partial charge in [0.2, 0.25) is 33.7 Å². The number of rotatable bonds is 6. The second-order valence-electron chi connectivity index (χ2n) is 8.92. The van der Waals surface area contributed by atoms with Gasteiger partial charge in [-0.3, -0.25) is 24.1 Å². The van der Waals surface area contributed by atoms with Crippen LogP contribution in [0.15, 0.2) is 29.2 Å². The molecule has 3 aliphatic rings. The van der Waals surface area contributed by atoms with E-state index in [-0.39, 0.29) is 54.3 Å². The normalized spacial score (nSPS) is 20.2. The van der Waals surface area contributed by atoms with Gasteiger partial charge in [-0.2, -0.15) is 4.31 Å². The van der Waals surface area contributed by atoms with E-state index in [0.717, 1.165) is 29.7 Å². The number of carbonyl (C=O) groups excluding carboxylic acids is 4. The summed E-state index contributed by atoms with van der Waals surface area (Å²) < 4.78 is 27.1. The van der Waals surface area contributed by atoms with Gasteiger partial charge in [0.1, 0.15) is 6.54 Å². The third-order valence-electron chi connectivity index (χ3n) is 6.66. The topological polar surface area (TPSA) is 115 Å².